The Bertz CT molecular complexity index is 458. The molecule has 0 aromatic carbocycles. The molecule has 0 spiro atoms. The number of hydrogen-bond acceptors (Lipinski definition) is 6. The van der Waals surface area contributed by atoms with Crippen molar-refractivity contribution in [1.82, 2.24) is 14.9 Å². The van der Waals surface area contributed by atoms with E-state index in [2.05, 4.69) is 33.1 Å². The summed E-state index contributed by atoms with van der Waals surface area (Å²) in [4.78, 5) is 14.3. The molecule has 2 saturated heterocycles. The fourth-order valence-corrected chi connectivity index (χ4v) is 3.66. The molecule has 0 aliphatic carbocycles. The molecule has 2 fully saturated rings. The van der Waals surface area contributed by atoms with Crippen LogP contribution >= 0.6 is 11.8 Å². The fourth-order valence-electron chi connectivity index (χ4n) is 3.29. The molecule has 1 aromatic rings. The molecule has 0 radical (unpaired) electrons. The zero-order valence-corrected chi connectivity index (χ0v) is 13.3. The van der Waals surface area contributed by atoms with Crippen molar-refractivity contribution in [2.24, 2.45) is 0 Å². The van der Waals surface area contributed by atoms with Gasteiger partial charge in [0.25, 0.3) is 0 Å². The molecule has 0 saturated carbocycles. The number of anilines is 2. The van der Waals surface area contributed by atoms with Crippen LogP contribution in [0.3, 0.4) is 0 Å². The highest BCUT2D eigenvalue weighted by Crippen LogP contribution is 2.29. The molecular weight excluding hydrogens is 270 g/mol. The quantitative estimate of drug-likeness (QED) is 0.678. The summed E-state index contributed by atoms with van der Waals surface area (Å²) >= 11 is 1.60. The number of fused-ring (bicyclic) bond motifs is 1. The largest absolute Gasteiger partial charge is 0.373 e. The standard InChI is InChI=1S/C14H23N5S/c1-10-8-18-6-4-5-11(18)9-19(10)13-7-12(15-2)16-14(17-13)20-3/h7,10-11H,4-6,8-9H2,1-3H3,(H,15,16,17). The van der Waals surface area contributed by atoms with Gasteiger partial charge in [-0.3, -0.25) is 4.90 Å². The van der Waals surface area contributed by atoms with Crippen LogP contribution in [0.5, 0.6) is 0 Å². The van der Waals surface area contributed by atoms with Crippen LogP contribution in [0.1, 0.15) is 19.8 Å². The second-order valence-electron chi connectivity index (χ2n) is 5.64. The van der Waals surface area contributed by atoms with Gasteiger partial charge in [0.05, 0.1) is 0 Å². The van der Waals surface area contributed by atoms with E-state index < -0.39 is 0 Å². The lowest BCUT2D eigenvalue weighted by Crippen LogP contribution is -2.55. The summed E-state index contributed by atoms with van der Waals surface area (Å²) < 4.78 is 0. The van der Waals surface area contributed by atoms with E-state index in [1.54, 1.807) is 11.8 Å². The molecule has 3 heterocycles. The molecule has 0 amide bonds. The van der Waals surface area contributed by atoms with Gasteiger partial charge < -0.3 is 10.2 Å². The number of aromatic nitrogens is 2. The van der Waals surface area contributed by atoms with Crippen LogP contribution in [-0.2, 0) is 0 Å². The first kappa shape index (κ1) is 13.9. The van der Waals surface area contributed by atoms with Crippen LogP contribution in [0, 0.1) is 0 Å². The van der Waals surface area contributed by atoms with Crippen LogP contribution in [0.15, 0.2) is 11.2 Å². The lowest BCUT2D eigenvalue weighted by Gasteiger charge is -2.43. The summed E-state index contributed by atoms with van der Waals surface area (Å²) in [5.74, 6) is 1.97. The zero-order valence-electron chi connectivity index (χ0n) is 12.5. The fraction of sp³-hybridized carbons (Fsp3) is 0.714. The van der Waals surface area contributed by atoms with E-state index >= 15 is 0 Å². The zero-order chi connectivity index (χ0) is 14.1. The van der Waals surface area contributed by atoms with Crippen molar-refractivity contribution in [3.05, 3.63) is 6.07 Å². The van der Waals surface area contributed by atoms with E-state index in [1.807, 2.05) is 13.3 Å². The number of nitrogens with one attached hydrogen (secondary N) is 1. The molecule has 3 rings (SSSR count). The van der Waals surface area contributed by atoms with Crippen molar-refractivity contribution < 1.29 is 0 Å². The molecule has 2 aliphatic rings. The highest BCUT2D eigenvalue weighted by molar-refractivity contribution is 7.98. The average molecular weight is 293 g/mol. The van der Waals surface area contributed by atoms with Gasteiger partial charge in [0.1, 0.15) is 11.6 Å². The van der Waals surface area contributed by atoms with Crippen LogP contribution in [0.25, 0.3) is 0 Å². The molecule has 2 unspecified atom stereocenters. The second-order valence-corrected chi connectivity index (χ2v) is 6.41. The number of nitrogens with zero attached hydrogens (tertiary/aromatic N) is 4. The Hall–Kier alpha value is -1.01. The number of thioether (sulfide) groups is 1. The maximum Gasteiger partial charge on any atom is 0.191 e. The van der Waals surface area contributed by atoms with Crippen molar-refractivity contribution in [3.8, 4) is 0 Å². The highest BCUT2D eigenvalue weighted by Gasteiger charge is 2.35. The maximum absolute atomic E-state index is 4.71. The van der Waals surface area contributed by atoms with Gasteiger partial charge in [0.15, 0.2) is 5.16 Å². The molecular formula is C14H23N5S. The molecule has 2 aliphatic heterocycles. The minimum Gasteiger partial charge on any atom is -0.373 e. The number of rotatable bonds is 3. The summed E-state index contributed by atoms with van der Waals surface area (Å²) in [6, 6.07) is 3.29. The Morgan fingerprint density at radius 2 is 2.20 bits per heavy atom. The third-order valence-corrected chi connectivity index (χ3v) is 4.91. The first-order chi connectivity index (χ1) is 9.71. The third-order valence-electron chi connectivity index (χ3n) is 4.36. The van der Waals surface area contributed by atoms with Crippen LogP contribution < -0.4 is 10.2 Å². The smallest absolute Gasteiger partial charge is 0.191 e. The Kier molecular flexibility index (Phi) is 4.03. The SMILES string of the molecule is CNc1cc(N2CC3CCCN3CC2C)nc(SC)n1. The van der Waals surface area contributed by atoms with E-state index in [0.29, 0.717) is 12.1 Å². The number of piperazine rings is 1. The maximum atomic E-state index is 4.71. The van der Waals surface area contributed by atoms with Gasteiger partial charge in [0.2, 0.25) is 0 Å². The van der Waals surface area contributed by atoms with E-state index in [-0.39, 0.29) is 0 Å². The molecule has 0 bridgehead atoms. The minimum absolute atomic E-state index is 0.513. The normalized spacial score (nSPS) is 26.6. The number of hydrogen-bond donors (Lipinski definition) is 1. The van der Waals surface area contributed by atoms with Gasteiger partial charge in [-0.05, 0) is 32.6 Å². The van der Waals surface area contributed by atoms with E-state index in [1.165, 1.54) is 19.4 Å². The molecule has 20 heavy (non-hydrogen) atoms. The first-order valence-electron chi connectivity index (χ1n) is 7.32. The average Bonchev–Trinajstić information content (AvgIpc) is 2.92. The van der Waals surface area contributed by atoms with E-state index in [0.717, 1.165) is 29.9 Å². The van der Waals surface area contributed by atoms with E-state index in [9.17, 15) is 0 Å². The molecule has 6 heteroatoms. The monoisotopic (exact) mass is 293 g/mol. The Morgan fingerprint density at radius 1 is 1.35 bits per heavy atom. The second kappa shape index (κ2) is 5.77. The highest BCUT2D eigenvalue weighted by atomic mass is 32.2. The topological polar surface area (TPSA) is 44.3 Å². The van der Waals surface area contributed by atoms with Gasteiger partial charge in [-0.1, -0.05) is 11.8 Å². The van der Waals surface area contributed by atoms with Gasteiger partial charge in [-0.15, -0.1) is 0 Å². The summed E-state index contributed by atoms with van der Waals surface area (Å²) in [6.45, 7) is 5.81. The summed E-state index contributed by atoms with van der Waals surface area (Å²) in [7, 11) is 1.91. The van der Waals surface area contributed by atoms with Crippen molar-refractivity contribution >= 4 is 23.4 Å². The Labute approximate surface area is 125 Å². The lowest BCUT2D eigenvalue weighted by molar-refractivity contribution is 0.202. The van der Waals surface area contributed by atoms with Crippen LogP contribution in [-0.4, -0.2) is 59.9 Å². The van der Waals surface area contributed by atoms with Crippen molar-refractivity contribution in [2.45, 2.75) is 37.0 Å². The lowest BCUT2D eigenvalue weighted by atomic mass is 10.1. The molecule has 1 aromatic heterocycles. The minimum atomic E-state index is 0.513. The van der Waals surface area contributed by atoms with Crippen molar-refractivity contribution in [2.75, 3.05) is 43.2 Å². The predicted molar refractivity (Wildman–Crippen MR) is 84.8 cm³/mol. The third kappa shape index (κ3) is 2.59. The van der Waals surface area contributed by atoms with Crippen molar-refractivity contribution in [1.29, 1.82) is 0 Å². The van der Waals surface area contributed by atoms with Crippen LogP contribution in [0.4, 0.5) is 11.6 Å². The summed E-state index contributed by atoms with van der Waals surface area (Å²) in [6.07, 6.45) is 4.69. The van der Waals surface area contributed by atoms with Crippen LogP contribution in [0.2, 0.25) is 0 Å². The van der Waals surface area contributed by atoms with Crippen molar-refractivity contribution in [3.63, 3.8) is 0 Å². The summed E-state index contributed by atoms with van der Waals surface area (Å²) in [5.41, 5.74) is 0. The first-order valence-corrected chi connectivity index (χ1v) is 8.55. The summed E-state index contributed by atoms with van der Waals surface area (Å²) in [5, 5.41) is 3.98. The Morgan fingerprint density at radius 3 is 2.95 bits per heavy atom. The molecule has 5 nitrogen and oxygen atoms in total. The van der Waals surface area contributed by atoms with E-state index in [4.69, 9.17) is 4.98 Å². The molecule has 110 valence electrons. The van der Waals surface area contributed by atoms with Gasteiger partial charge in [-0.25, -0.2) is 9.97 Å². The van der Waals surface area contributed by atoms with Gasteiger partial charge in [-0.2, -0.15) is 0 Å². The Balaban J connectivity index is 1.87. The van der Waals surface area contributed by atoms with Gasteiger partial charge >= 0.3 is 0 Å². The van der Waals surface area contributed by atoms with Gasteiger partial charge in [0, 0.05) is 38.3 Å². The molecule has 2 atom stereocenters. The predicted octanol–water partition coefficient (Wildman–Crippen LogP) is 1.91. The molecule has 1 N–H and O–H groups in total.